The van der Waals surface area contributed by atoms with E-state index in [1.54, 1.807) is 10.9 Å². The summed E-state index contributed by atoms with van der Waals surface area (Å²) in [6.07, 6.45) is 3.07. The standard InChI is InChI=1S/C14H17N3O3/c18-12(9-17-5-1-4-16-17)8-15-7-11-2-3-13-14(6-11)20-10-19-13/h1-6,12,15,18H,7-10H2. The van der Waals surface area contributed by atoms with E-state index in [0.717, 1.165) is 17.1 Å². The molecular formula is C14H17N3O3. The largest absolute Gasteiger partial charge is 0.454 e. The number of ether oxygens (including phenoxy) is 2. The zero-order chi connectivity index (χ0) is 13.8. The van der Waals surface area contributed by atoms with Crippen molar-refractivity contribution >= 4 is 0 Å². The number of aromatic nitrogens is 2. The molecule has 0 bridgehead atoms. The molecule has 106 valence electrons. The van der Waals surface area contributed by atoms with Gasteiger partial charge in [-0.2, -0.15) is 5.10 Å². The van der Waals surface area contributed by atoms with Crippen LogP contribution in [0.3, 0.4) is 0 Å². The molecule has 2 aromatic rings. The summed E-state index contributed by atoms with van der Waals surface area (Å²) in [5, 5.41) is 17.2. The van der Waals surface area contributed by atoms with Crippen LogP contribution in [-0.4, -0.2) is 34.3 Å². The number of rotatable bonds is 6. The summed E-state index contributed by atoms with van der Waals surface area (Å²) in [7, 11) is 0. The van der Waals surface area contributed by atoms with Gasteiger partial charge in [-0.05, 0) is 23.8 Å². The molecule has 0 amide bonds. The Morgan fingerprint density at radius 3 is 3.10 bits per heavy atom. The van der Waals surface area contributed by atoms with E-state index in [4.69, 9.17) is 9.47 Å². The zero-order valence-corrected chi connectivity index (χ0v) is 11.0. The lowest BCUT2D eigenvalue weighted by Gasteiger charge is -2.12. The smallest absolute Gasteiger partial charge is 0.231 e. The number of nitrogens with zero attached hydrogens (tertiary/aromatic N) is 2. The first-order valence-electron chi connectivity index (χ1n) is 6.56. The minimum atomic E-state index is -0.469. The first kappa shape index (κ1) is 13.0. The predicted octanol–water partition coefficient (Wildman–Crippen LogP) is 0.762. The number of benzene rings is 1. The van der Waals surface area contributed by atoms with Crippen LogP contribution in [0, 0.1) is 0 Å². The average Bonchev–Trinajstić information content (AvgIpc) is 3.09. The molecule has 2 N–H and O–H groups in total. The Hall–Kier alpha value is -2.05. The predicted molar refractivity (Wildman–Crippen MR) is 72.5 cm³/mol. The molecular weight excluding hydrogens is 258 g/mol. The van der Waals surface area contributed by atoms with Gasteiger partial charge in [0.15, 0.2) is 11.5 Å². The number of aliphatic hydroxyl groups excluding tert-OH is 1. The van der Waals surface area contributed by atoms with Crippen LogP contribution < -0.4 is 14.8 Å². The number of hydrogen-bond donors (Lipinski definition) is 2. The second-order valence-electron chi connectivity index (χ2n) is 4.70. The van der Waals surface area contributed by atoms with Crippen LogP contribution in [0.25, 0.3) is 0 Å². The Morgan fingerprint density at radius 2 is 2.25 bits per heavy atom. The lowest BCUT2D eigenvalue weighted by atomic mass is 10.2. The van der Waals surface area contributed by atoms with E-state index in [2.05, 4.69) is 10.4 Å². The first-order chi connectivity index (χ1) is 9.81. The van der Waals surface area contributed by atoms with Crippen LogP contribution in [0.1, 0.15) is 5.56 Å². The highest BCUT2D eigenvalue weighted by atomic mass is 16.7. The maximum atomic E-state index is 9.89. The van der Waals surface area contributed by atoms with E-state index in [-0.39, 0.29) is 6.79 Å². The lowest BCUT2D eigenvalue weighted by Crippen LogP contribution is -2.30. The quantitative estimate of drug-likeness (QED) is 0.814. The van der Waals surface area contributed by atoms with Gasteiger partial charge in [-0.15, -0.1) is 0 Å². The van der Waals surface area contributed by atoms with Gasteiger partial charge >= 0.3 is 0 Å². The average molecular weight is 275 g/mol. The van der Waals surface area contributed by atoms with Crippen LogP contribution >= 0.6 is 0 Å². The summed E-state index contributed by atoms with van der Waals surface area (Å²) in [4.78, 5) is 0. The molecule has 1 atom stereocenters. The Morgan fingerprint density at radius 1 is 1.35 bits per heavy atom. The molecule has 0 spiro atoms. The third kappa shape index (κ3) is 3.09. The van der Waals surface area contributed by atoms with Crippen molar-refractivity contribution < 1.29 is 14.6 Å². The van der Waals surface area contributed by atoms with E-state index in [0.29, 0.717) is 19.6 Å². The highest BCUT2D eigenvalue weighted by Gasteiger charge is 2.13. The van der Waals surface area contributed by atoms with Crippen molar-refractivity contribution in [1.29, 1.82) is 0 Å². The van der Waals surface area contributed by atoms with E-state index >= 15 is 0 Å². The number of fused-ring (bicyclic) bond motifs is 1. The van der Waals surface area contributed by atoms with Crippen LogP contribution in [0.15, 0.2) is 36.7 Å². The maximum Gasteiger partial charge on any atom is 0.231 e. The van der Waals surface area contributed by atoms with Gasteiger partial charge in [-0.25, -0.2) is 0 Å². The van der Waals surface area contributed by atoms with Crippen LogP contribution in [0.5, 0.6) is 11.5 Å². The van der Waals surface area contributed by atoms with E-state index in [1.807, 2.05) is 30.5 Å². The van der Waals surface area contributed by atoms with Gasteiger partial charge in [0.25, 0.3) is 0 Å². The maximum absolute atomic E-state index is 9.89. The SMILES string of the molecule is OC(CNCc1ccc2c(c1)OCO2)Cn1cccn1. The molecule has 20 heavy (non-hydrogen) atoms. The molecule has 0 saturated heterocycles. The number of aliphatic hydroxyl groups is 1. The second kappa shape index (κ2) is 5.94. The van der Waals surface area contributed by atoms with E-state index in [1.165, 1.54) is 0 Å². The van der Waals surface area contributed by atoms with Gasteiger partial charge in [0.1, 0.15) is 0 Å². The highest BCUT2D eigenvalue weighted by molar-refractivity contribution is 5.44. The van der Waals surface area contributed by atoms with Crippen LogP contribution in [-0.2, 0) is 13.1 Å². The van der Waals surface area contributed by atoms with Gasteiger partial charge in [0.2, 0.25) is 6.79 Å². The fourth-order valence-corrected chi connectivity index (χ4v) is 2.12. The Balaban J connectivity index is 1.45. The molecule has 1 aliphatic heterocycles. The summed E-state index contributed by atoms with van der Waals surface area (Å²) in [6, 6.07) is 7.68. The molecule has 1 aromatic heterocycles. The van der Waals surface area contributed by atoms with E-state index in [9.17, 15) is 5.11 Å². The third-order valence-corrected chi connectivity index (χ3v) is 3.10. The normalized spacial score (nSPS) is 14.4. The minimum absolute atomic E-state index is 0.287. The second-order valence-corrected chi connectivity index (χ2v) is 4.70. The molecule has 1 aromatic carbocycles. The fraction of sp³-hybridized carbons (Fsp3) is 0.357. The monoisotopic (exact) mass is 275 g/mol. The van der Waals surface area contributed by atoms with Crippen LogP contribution in [0.4, 0.5) is 0 Å². The molecule has 0 radical (unpaired) electrons. The first-order valence-corrected chi connectivity index (χ1v) is 6.56. The van der Waals surface area contributed by atoms with Crippen molar-refractivity contribution in [2.45, 2.75) is 19.2 Å². The highest BCUT2D eigenvalue weighted by Crippen LogP contribution is 2.32. The van der Waals surface area contributed by atoms with Gasteiger partial charge < -0.3 is 19.9 Å². The molecule has 1 unspecified atom stereocenters. The summed E-state index contributed by atoms with van der Waals surface area (Å²) >= 11 is 0. The molecule has 6 nitrogen and oxygen atoms in total. The zero-order valence-electron chi connectivity index (χ0n) is 11.0. The molecule has 2 heterocycles. The Kier molecular flexibility index (Phi) is 3.85. The summed E-state index contributed by atoms with van der Waals surface area (Å²) in [6.45, 7) is 1.96. The van der Waals surface area contributed by atoms with Crippen LogP contribution in [0.2, 0.25) is 0 Å². The van der Waals surface area contributed by atoms with Gasteiger partial charge in [0, 0.05) is 25.5 Å². The Bertz CT molecular complexity index is 557. The van der Waals surface area contributed by atoms with E-state index < -0.39 is 6.10 Å². The molecule has 0 aliphatic carbocycles. The van der Waals surface area contributed by atoms with Crippen molar-refractivity contribution in [1.82, 2.24) is 15.1 Å². The minimum Gasteiger partial charge on any atom is -0.454 e. The molecule has 0 fully saturated rings. The third-order valence-electron chi connectivity index (χ3n) is 3.10. The van der Waals surface area contributed by atoms with Crippen molar-refractivity contribution in [3.63, 3.8) is 0 Å². The van der Waals surface area contributed by atoms with Crippen molar-refractivity contribution in [3.8, 4) is 11.5 Å². The summed E-state index contributed by atoms with van der Waals surface area (Å²) < 4.78 is 12.3. The fourth-order valence-electron chi connectivity index (χ4n) is 2.12. The molecule has 6 heteroatoms. The number of hydrogen-bond acceptors (Lipinski definition) is 5. The Labute approximate surface area is 116 Å². The number of nitrogens with one attached hydrogen (secondary N) is 1. The summed E-state index contributed by atoms with van der Waals surface area (Å²) in [5.74, 6) is 1.56. The lowest BCUT2D eigenvalue weighted by molar-refractivity contribution is 0.146. The van der Waals surface area contributed by atoms with Gasteiger partial charge in [-0.1, -0.05) is 6.07 Å². The molecule has 1 aliphatic rings. The van der Waals surface area contributed by atoms with Crippen molar-refractivity contribution in [2.24, 2.45) is 0 Å². The molecule has 3 rings (SSSR count). The van der Waals surface area contributed by atoms with Crippen molar-refractivity contribution in [2.75, 3.05) is 13.3 Å². The van der Waals surface area contributed by atoms with Gasteiger partial charge in [-0.3, -0.25) is 4.68 Å². The summed E-state index contributed by atoms with van der Waals surface area (Å²) in [5.41, 5.74) is 1.10. The van der Waals surface area contributed by atoms with Crippen molar-refractivity contribution in [3.05, 3.63) is 42.2 Å². The molecule has 0 saturated carbocycles. The topological polar surface area (TPSA) is 68.5 Å². The van der Waals surface area contributed by atoms with Gasteiger partial charge in [0.05, 0.1) is 12.6 Å².